The maximum absolute atomic E-state index is 12.4. The quantitative estimate of drug-likeness (QED) is 0.689. The predicted molar refractivity (Wildman–Crippen MR) is 125 cm³/mol. The summed E-state index contributed by atoms with van der Waals surface area (Å²) in [5.41, 5.74) is 9.65. The van der Waals surface area contributed by atoms with Gasteiger partial charge in [0.15, 0.2) is 0 Å². The van der Waals surface area contributed by atoms with Gasteiger partial charge in [-0.15, -0.1) is 24.8 Å². The van der Waals surface area contributed by atoms with Crippen LogP contribution in [0.3, 0.4) is 0 Å². The van der Waals surface area contributed by atoms with Gasteiger partial charge < -0.3 is 11.1 Å². The number of piperidine rings is 1. The van der Waals surface area contributed by atoms with Crippen molar-refractivity contribution in [1.82, 2.24) is 10.2 Å². The molecule has 29 heavy (non-hydrogen) atoms. The molecule has 3 N–H and O–H groups in total. The maximum Gasteiger partial charge on any atom is 0.237 e. The van der Waals surface area contributed by atoms with Crippen LogP contribution in [0.15, 0.2) is 54.6 Å². The lowest BCUT2D eigenvalue weighted by atomic mass is 9.99. The first-order valence-electron chi connectivity index (χ1n) is 9.98. The van der Waals surface area contributed by atoms with Crippen LogP contribution >= 0.6 is 24.8 Å². The lowest BCUT2D eigenvalue weighted by Crippen LogP contribution is -2.41. The molecule has 1 heterocycles. The number of nitrogens with zero attached hydrogens (tertiary/aromatic N) is 1. The highest BCUT2D eigenvalue weighted by Crippen LogP contribution is 2.19. The van der Waals surface area contributed by atoms with Crippen molar-refractivity contribution in [1.29, 1.82) is 0 Å². The van der Waals surface area contributed by atoms with Crippen LogP contribution < -0.4 is 11.1 Å². The van der Waals surface area contributed by atoms with E-state index in [-0.39, 0.29) is 30.7 Å². The van der Waals surface area contributed by atoms with Gasteiger partial charge in [0.2, 0.25) is 5.91 Å². The molecule has 1 saturated heterocycles. The standard InChI is InChI=1S/C23H31N3O.2ClH/c1-18-8-7-13-26(16-18)17-21-12-6-5-11-20(21)15-25-23(27)22(24)14-19-9-3-2-4-10-19;;/h2-6,9-12,18,22H,7-8,13-17,24H2,1H3,(H,25,27);2*1H. The molecule has 160 valence electrons. The molecule has 2 aromatic carbocycles. The molecule has 1 fully saturated rings. The van der Waals surface area contributed by atoms with Crippen molar-refractivity contribution in [3.63, 3.8) is 0 Å². The minimum absolute atomic E-state index is 0. The van der Waals surface area contributed by atoms with Crippen molar-refractivity contribution in [3.8, 4) is 0 Å². The molecular weight excluding hydrogens is 405 g/mol. The van der Waals surface area contributed by atoms with E-state index >= 15 is 0 Å². The molecule has 2 unspecified atom stereocenters. The molecule has 2 atom stereocenters. The number of rotatable bonds is 7. The minimum atomic E-state index is -0.525. The molecule has 1 amide bonds. The van der Waals surface area contributed by atoms with E-state index in [9.17, 15) is 4.79 Å². The van der Waals surface area contributed by atoms with Crippen LogP contribution in [-0.2, 0) is 24.3 Å². The Balaban J connectivity index is 0.00000210. The predicted octanol–water partition coefficient (Wildman–Crippen LogP) is 3.95. The number of likely N-dealkylation sites (tertiary alicyclic amines) is 1. The summed E-state index contributed by atoms with van der Waals surface area (Å²) in [5, 5.41) is 3.02. The molecule has 6 heteroatoms. The first kappa shape index (κ1) is 25.4. The minimum Gasteiger partial charge on any atom is -0.351 e. The molecule has 0 spiro atoms. The summed E-state index contributed by atoms with van der Waals surface area (Å²) in [6, 6.07) is 17.8. The molecule has 4 nitrogen and oxygen atoms in total. The maximum atomic E-state index is 12.4. The second-order valence-electron chi connectivity index (χ2n) is 7.77. The summed E-state index contributed by atoms with van der Waals surface area (Å²) < 4.78 is 0. The number of carbonyl (C=O) groups is 1. The van der Waals surface area contributed by atoms with Crippen molar-refractivity contribution in [2.45, 2.75) is 45.3 Å². The monoisotopic (exact) mass is 437 g/mol. The van der Waals surface area contributed by atoms with E-state index in [1.165, 1.54) is 24.0 Å². The molecule has 0 bridgehead atoms. The molecule has 0 aliphatic carbocycles. The molecular formula is C23H33Cl2N3O. The largest absolute Gasteiger partial charge is 0.351 e. The van der Waals surface area contributed by atoms with E-state index in [0.717, 1.165) is 31.1 Å². The SMILES string of the molecule is CC1CCCN(Cc2ccccc2CNC(=O)C(N)Cc2ccccc2)C1.Cl.Cl. The van der Waals surface area contributed by atoms with Gasteiger partial charge in [-0.2, -0.15) is 0 Å². The number of amides is 1. The first-order valence-corrected chi connectivity index (χ1v) is 9.98. The van der Waals surface area contributed by atoms with E-state index < -0.39 is 6.04 Å². The molecule has 0 saturated carbocycles. The molecule has 0 aromatic heterocycles. The summed E-state index contributed by atoms with van der Waals surface area (Å²) in [7, 11) is 0. The number of halogens is 2. The third-order valence-corrected chi connectivity index (χ3v) is 5.34. The Kier molecular flexibility index (Phi) is 11.3. The van der Waals surface area contributed by atoms with Crippen molar-refractivity contribution in [2.75, 3.05) is 13.1 Å². The smallest absolute Gasteiger partial charge is 0.237 e. The van der Waals surface area contributed by atoms with Crippen molar-refractivity contribution in [3.05, 3.63) is 71.3 Å². The fourth-order valence-electron chi connectivity index (χ4n) is 3.83. The third-order valence-electron chi connectivity index (χ3n) is 5.34. The first-order chi connectivity index (χ1) is 13.1. The zero-order valence-corrected chi connectivity index (χ0v) is 18.7. The number of carbonyl (C=O) groups excluding carboxylic acids is 1. The Morgan fingerprint density at radius 2 is 1.76 bits per heavy atom. The highest BCUT2D eigenvalue weighted by atomic mass is 35.5. The Morgan fingerprint density at radius 1 is 1.10 bits per heavy atom. The van der Waals surface area contributed by atoms with E-state index in [2.05, 4.69) is 35.3 Å². The van der Waals surface area contributed by atoms with Gasteiger partial charge in [0.1, 0.15) is 0 Å². The number of nitrogens with two attached hydrogens (primary N) is 1. The zero-order chi connectivity index (χ0) is 19.1. The molecule has 0 radical (unpaired) electrons. The van der Waals surface area contributed by atoms with Gasteiger partial charge in [-0.3, -0.25) is 9.69 Å². The van der Waals surface area contributed by atoms with Gasteiger partial charge >= 0.3 is 0 Å². The van der Waals surface area contributed by atoms with Crippen LogP contribution in [0, 0.1) is 5.92 Å². The number of hydrogen-bond donors (Lipinski definition) is 2. The van der Waals surface area contributed by atoms with Crippen LogP contribution in [0.25, 0.3) is 0 Å². The lowest BCUT2D eigenvalue weighted by molar-refractivity contribution is -0.122. The summed E-state index contributed by atoms with van der Waals surface area (Å²) in [6.45, 7) is 6.12. The number of hydrogen-bond acceptors (Lipinski definition) is 3. The lowest BCUT2D eigenvalue weighted by Gasteiger charge is -2.31. The zero-order valence-electron chi connectivity index (χ0n) is 17.0. The Hall–Kier alpha value is -1.59. The van der Waals surface area contributed by atoms with E-state index in [1.807, 2.05) is 36.4 Å². The van der Waals surface area contributed by atoms with Crippen LogP contribution in [0.1, 0.15) is 36.5 Å². The van der Waals surface area contributed by atoms with Crippen LogP contribution in [0.2, 0.25) is 0 Å². The van der Waals surface area contributed by atoms with Crippen molar-refractivity contribution >= 4 is 30.7 Å². The van der Waals surface area contributed by atoms with Gasteiger partial charge in [-0.05, 0) is 48.4 Å². The van der Waals surface area contributed by atoms with Crippen LogP contribution in [-0.4, -0.2) is 29.9 Å². The fourth-order valence-corrected chi connectivity index (χ4v) is 3.83. The number of benzene rings is 2. The fraction of sp³-hybridized carbons (Fsp3) is 0.435. The second kappa shape index (κ2) is 12.9. The average Bonchev–Trinajstić information content (AvgIpc) is 2.68. The van der Waals surface area contributed by atoms with E-state index in [1.54, 1.807) is 0 Å². The van der Waals surface area contributed by atoms with Crippen LogP contribution in [0.5, 0.6) is 0 Å². The highest BCUT2D eigenvalue weighted by Gasteiger charge is 2.18. The normalized spacial score (nSPS) is 17.5. The molecule has 3 rings (SSSR count). The Morgan fingerprint density at radius 3 is 2.45 bits per heavy atom. The molecule has 1 aliphatic rings. The molecule has 2 aromatic rings. The highest BCUT2D eigenvalue weighted by molar-refractivity contribution is 5.85. The summed E-state index contributed by atoms with van der Waals surface area (Å²) in [4.78, 5) is 14.9. The number of nitrogens with one attached hydrogen (secondary N) is 1. The van der Waals surface area contributed by atoms with Gasteiger partial charge in [0.05, 0.1) is 6.04 Å². The van der Waals surface area contributed by atoms with Gasteiger partial charge in [-0.25, -0.2) is 0 Å². The van der Waals surface area contributed by atoms with Gasteiger partial charge in [-0.1, -0.05) is 61.5 Å². The molecule has 1 aliphatic heterocycles. The third kappa shape index (κ3) is 7.98. The Labute approximate surface area is 187 Å². The van der Waals surface area contributed by atoms with Crippen LogP contribution in [0.4, 0.5) is 0 Å². The van der Waals surface area contributed by atoms with E-state index in [4.69, 9.17) is 5.73 Å². The van der Waals surface area contributed by atoms with Gasteiger partial charge in [0.25, 0.3) is 0 Å². The topological polar surface area (TPSA) is 58.4 Å². The van der Waals surface area contributed by atoms with Crippen molar-refractivity contribution in [2.24, 2.45) is 11.7 Å². The average molecular weight is 438 g/mol. The summed E-state index contributed by atoms with van der Waals surface area (Å²) in [5.74, 6) is 0.668. The van der Waals surface area contributed by atoms with E-state index in [0.29, 0.717) is 13.0 Å². The summed E-state index contributed by atoms with van der Waals surface area (Å²) in [6.07, 6.45) is 3.15. The Bertz CT molecular complexity index is 742. The van der Waals surface area contributed by atoms with Crippen molar-refractivity contribution < 1.29 is 4.79 Å². The second-order valence-corrected chi connectivity index (χ2v) is 7.77. The van der Waals surface area contributed by atoms with Gasteiger partial charge in [0, 0.05) is 19.6 Å². The summed E-state index contributed by atoms with van der Waals surface area (Å²) >= 11 is 0.